The van der Waals surface area contributed by atoms with Crippen LogP contribution in [0, 0.1) is 13.8 Å². The van der Waals surface area contributed by atoms with Crippen LogP contribution in [0.5, 0.6) is 5.75 Å². The molecule has 0 fully saturated rings. The van der Waals surface area contributed by atoms with E-state index in [9.17, 15) is 9.59 Å². The molecule has 0 aliphatic rings. The smallest absolute Gasteiger partial charge is 0.255 e. The van der Waals surface area contributed by atoms with E-state index >= 15 is 0 Å². The predicted molar refractivity (Wildman–Crippen MR) is 110 cm³/mol. The summed E-state index contributed by atoms with van der Waals surface area (Å²) in [4.78, 5) is 25.3. The van der Waals surface area contributed by atoms with E-state index in [4.69, 9.17) is 9.15 Å². The summed E-state index contributed by atoms with van der Waals surface area (Å²) in [6.07, 6.45) is 0. The third kappa shape index (κ3) is 3.11. The van der Waals surface area contributed by atoms with Crippen LogP contribution in [0.4, 0.5) is 5.69 Å². The number of hydrogen-bond donors (Lipinski definition) is 1. The predicted octanol–water partition coefficient (Wildman–Crippen LogP) is 4.82. The van der Waals surface area contributed by atoms with Gasteiger partial charge in [0.15, 0.2) is 0 Å². The summed E-state index contributed by atoms with van der Waals surface area (Å²) >= 11 is 0. The van der Waals surface area contributed by atoms with E-state index in [0.29, 0.717) is 38.9 Å². The monoisotopic (exact) mass is 373 g/mol. The lowest BCUT2D eigenvalue weighted by molar-refractivity contribution is 0.102. The minimum atomic E-state index is -0.271. The summed E-state index contributed by atoms with van der Waals surface area (Å²) < 4.78 is 11.1. The quantitative estimate of drug-likeness (QED) is 0.523. The molecule has 0 unspecified atom stereocenters. The first-order valence-electron chi connectivity index (χ1n) is 8.89. The topological polar surface area (TPSA) is 68.5 Å². The molecule has 5 heteroatoms. The molecule has 28 heavy (non-hydrogen) atoms. The zero-order valence-corrected chi connectivity index (χ0v) is 15.8. The van der Waals surface area contributed by atoms with Gasteiger partial charge in [-0.25, -0.2) is 0 Å². The van der Waals surface area contributed by atoms with Gasteiger partial charge in [0, 0.05) is 17.3 Å². The Hall–Kier alpha value is -3.60. The van der Waals surface area contributed by atoms with Gasteiger partial charge < -0.3 is 14.5 Å². The average Bonchev–Trinajstić information content (AvgIpc) is 2.69. The lowest BCUT2D eigenvalue weighted by Crippen LogP contribution is -2.12. The van der Waals surface area contributed by atoms with Gasteiger partial charge >= 0.3 is 0 Å². The molecule has 0 radical (unpaired) electrons. The van der Waals surface area contributed by atoms with Crippen LogP contribution in [0.2, 0.25) is 0 Å². The number of methoxy groups -OCH3 is 1. The highest BCUT2D eigenvalue weighted by Crippen LogP contribution is 2.24. The van der Waals surface area contributed by atoms with Gasteiger partial charge in [0.05, 0.1) is 17.9 Å². The Kier molecular flexibility index (Phi) is 4.35. The molecule has 4 aromatic rings. The fourth-order valence-electron chi connectivity index (χ4n) is 3.15. The lowest BCUT2D eigenvalue weighted by atomic mass is 10.1. The number of nitrogens with one attached hydrogen (secondary N) is 1. The van der Waals surface area contributed by atoms with Crippen LogP contribution in [0.1, 0.15) is 21.5 Å². The molecule has 0 aliphatic heterocycles. The van der Waals surface area contributed by atoms with E-state index in [1.165, 1.54) is 0 Å². The maximum Gasteiger partial charge on any atom is 0.255 e. The third-order valence-electron chi connectivity index (χ3n) is 4.88. The number of ether oxygens (including phenoxy) is 1. The first-order chi connectivity index (χ1) is 13.5. The second-order valence-corrected chi connectivity index (χ2v) is 6.76. The molecule has 5 nitrogen and oxygen atoms in total. The minimum absolute atomic E-state index is 0.0787. The molecule has 140 valence electrons. The molecule has 1 N–H and O–H groups in total. The lowest BCUT2D eigenvalue weighted by Gasteiger charge is -2.09. The average molecular weight is 373 g/mol. The molecule has 0 atom stereocenters. The van der Waals surface area contributed by atoms with Gasteiger partial charge in [0.25, 0.3) is 5.91 Å². The van der Waals surface area contributed by atoms with E-state index < -0.39 is 0 Å². The van der Waals surface area contributed by atoms with E-state index in [2.05, 4.69) is 5.32 Å². The summed E-state index contributed by atoms with van der Waals surface area (Å²) in [7, 11) is 1.55. The Labute approximate surface area is 161 Å². The molecule has 0 saturated heterocycles. The van der Waals surface area contributed by atoms with Crippen molar-refractivity contribution in [2.75, 3.05) is 12.4 Å². The molecule has 3 aromatic carbocycles. The Morgan fingerprint density at radius 2 is 1.68 bits per heavy atom. The molecule has 0 spiro atoms. The van der Waals surface area contributed by atoms with Crippen molar-refractivity contribution in [1.82, 2.24) is 0 Å². The fourth-order valence-corrected chi connectivity index (χ4v) is 3.15. The summed E-state index contributed by atoms with van der Waals surface area (Å²) in [6.45, 7) is 3.94. The molecule has 1 amide bonds. The highest BCUT2D eigenvalue weighted by Gasteiger charge is 2.12. The Balaban J connectivity index is 1.74. The Morgan fingerprint density at radius 3 is 2.46 bits per heavy atom. The van der Waals surface area contributed by atoms with E-state index in [-0.39, 0.29) is 11.3 Å². The van der Waals surface area contributed by atoms with Crippen LogP contribution < -0.4 is 15.5 Å². The van der Waals surface area contributed by atoms with Gasteiger partial charge in [-0.15, -0.1) is 0 Å². The SMILES string of the molecule is COc1cccc(C(=O)Nc2ccc3c(=O)c4cc(C)c(C)cc4oc3c2)c1. The minimum Gasteiger partial charge on any atom is -0.497 e. The van der Waals surface area contributed by atoms with Crippen molar-refractivity contribution >= 4 is 33.5 Å². The molecule has 0 bridgehead atoms. The van der Waals surface area contributed by atoms with Gasteiger partial charge in [0.1, 0.15) is 16.9 Å². The largest absolute Gasteiger partial charge is 0.497 e. The molecule has 0 saturated carbocycles. The first kappa shape index (κ1) is 17.8. The number of anilines is 1. The second-order valence-electron chi connectivity index (χ2n) is 6.76. The molecular weight excluding hydrogens is 354 g/mol. The molecule has 1 heterocycles. The summed E-state index contributed by atoms with van der Waals surface area (Å²) in [5.41, 5.74) is 4.02. The van der Waals surface area contributed by atoms with Crippen molar-refractivity contribution < 1.29 is 13.9 Å². The number of carbonyl (C=O) groups excluding carboxylic acids is 1. The van der Waals surface area contributed by atoms with Crippen molar-refractivity contribution in [2.45, 2.75) is 13.8 Å². The van der Waals surface area contributed by atoms with Gasteiger partial charge in [-0.1, -0.05) is 6.07 Å². The first-order valence-corrected chi connectivity index (χ1v) is 8.89. The third-order valence-corrected chi connectivity index (χ3v) is 4.88. The summed E-state index contributed by atoms with van der Waals surface area (Å²) in [5.74, 6) is 0.335. The van der Waals surface area contributed by atoms with E-state index in [1.54, 1.807) is 49.6 Å². The maximum absolute atomic E-state index is 12.8. The van der Waals surface area contributed by atoms with Crippen molar-refractivity contribution in [3.63, 3.8) is 0 Å². The van der Waals surface area contributed by atoms with Crippen LogP contribution in [-0.4, -0.2) is 13.0 Å². The van der Waals surface area contributed by atoms with Crippen molar-refractivity contribution in [3.05, 3.63) is 81.5 Å². The standard InChI is InChI=1S/C23H19NO4/c1-13-9-19-20(10-14(13)2)28-21-12-16(7-8-18(21)22(19)25)24-23(26)15-5-4-6-17(11-15)27-3/h4-12H,1-3H3,(H,24,26). The number of rotatable bonds is 3. The van der Waals surface area contributed by atoms with E-state index in [1.807, 2.05) is 26.0 Å². The van der Waals surface area contributed by atoms with Gasteiger partial charge in [-0.05, 0) is 67.4 Å². The number of amides is 1. The van der Waals surface area contributed by atoms with Crippen LogP contribution in [0.25, 0.3) is 21.9 Å². The Bertz CT molecular complexity index is 1290. The van der Waals surface area contributed by atoms with Crippen molar-refractivity contribution in [1.29, 1.82) is 0 Å². The van der Waals surface area contributed by atoms with Crippen LogP contribution in [0.3, 0.4) is 0 Å². The number of aryl methyl sites for hydroxylation is 2. The van der Waals surface area contributed by atoms with Gasteiger partial charge in [-0.2, -0.15) is 0 Å². The van der Waals surface area contributed by atoms with Crippen LogP contribution >= 0.6 is 0 Å². The molecular formula is C23H19NO4. The van der Waals surface area contributed by atoms with Gasteiger partial charge in [-0.3, -0.25) is 9.59 Å². The Morgan fingerprint density at radius 1 is 0.929 bits per heavy atom. The number of benzene rings is 3. The van der Waals surface area contributed by atoms with E-state index in [0.717, 1.165) is 11.1 Å². The second kappa shape index (κ2) is 6.85. The van der Waals surface area contributed by atoms with Crippen molar-refractivity contribution in [2.24, 2.45) is 0 Å². The fraction of sp³-hybridized carbons (Fsp3) is 0.130. The number of fused-ring (bicyclic) bond motifs is 2. The zero-order chi connectivity index (χ0) is 19.8. The summed E-state index contributed by atoms with van der Waals surface area (Å²) in [6, 6.07) is 15.7. The molecule has 4 rings (SSSR count). The van der Waals surface area contributed by atoms with Gasteiger partial charge in [0.2, 0.25) is 5.43 Å². The summed E-state index contributed by atoms with van der Waals surface area (Å²) in [5, 5.41) is 3.87. The highest BCUT2D eigenvalue weighted by molar-refractivity contribution is 6.05. The van der Waals surface area contributed by atoms with Crippen LogP contribution in [-0.2, 0) is 0 Å². The molecule has 0 aliphatic carbocycles. The molecule has 1 aromatic heterocycles. The highest BCUT2D eigenvalue weighted by atomic mass is 16.5. The van der Waals surface area contributed by atoms with Crippen LogP contribution in [0.15, 0.2) is 63.8 Å². The number of hydrogen-bond acceptors (Lipinski definition) is 4. The zero-order valence-electron chi connectivity index (χ0n) is 15.8. The number of carbonyl (C=O) groups is 1. The maximum atomic E-state index is 12.8. The van der Waals surface area contributed by atoms with Crippen molar-refractivity contribution in [3.8, 4) is 5.75 Å². The normalized spacial score (nSPS) is 11.0.